The number of fused-ring (bicyclic) bond motifs is 4. The molecule has 0 bridgehead atoms. The molecule has 206 valence electrons. The first-order chi connectivity index (χ1) is 19.4. The zero-order valence-electron chi connectivity index (χ0n) is 23.5. The number of rotatable bonds is 6. The topological polar surface area (TPSA) is 61.4 Å². The van der Waals surface area contributed by atoms with Gasteiger partial charge in [-0.1, -0.05) is 73.4 Å². The Balaban J connectivity index is 1.17. The SMILES string of the molecule is C=C(NCC#Cc1ccc(C2CC3(C)C(O)CCC3C3CCC4=CC(=O)CCC4=C23)cc1)NCc1ccccc1. The molecule has 2 saturated carbocycles. The van der Waals surface area contributed by atoms with Crippen molar-refractivity contribution in [3.63, 3.8) is 0 Å². The van der Waals surface area contributed by atoms with Gasteiger partial charge in [-0.3, -0.25) is 4.79 Å². The second-order valence-corrected chi connectivity index (χ2v) is 12.3. The molecule has 5 unspecified atom stereocenters. The molecular weight excluding hydrogens is 492 g/mol. The summed E-state index contributed by atoms with van der Waals surface area (Å²) in [6, 6.07) is 19.0. The number of hydrogen-bond donors (Lipinski definition) is 3. The van der Waals surface area contributed by atoms with Gasteiger partial charge in [-0.2, -0.15) is 0 Å². The molecule has 4 nitrogen and oxygen atoms in total. The fourth-order valence-electron chi connectivity index (χ4n) is 7.89. The Labute approximate surface area is 238 Å². The Hall–Kier alpha value is -3.55. The minimum atomic E-state index is -0.231. The van der Waals surface area contributed by atoms with Crippen LogP contribution < -0.4 is 10.6 Å². The van der Waals surface area contributed by atoms with Crippen LogP contribution in [0.5, 0.6) is 0 Å². The van der Waals surface area contributed by atoms with Crippen molar-refractivity contribution in [3.8, 4) is 11.8 Å². The zero-order valence-corrected chi connectivity index (χ0v) is 23.5. The second kappa shape index (κ2) is 11.1. The summed E-state index contributed by atoms with van der Waals surface area (Å²) in [4.78, 5) is 12.2. The highest BCUT2D eigenvalue weighted by Gasteiger charge is 2.56. The number of hydrogen-bond acceptors (Lipinski definition) is 4. The molecule has 2 aromatic rings. The number of allylic oxidation sites excluding steroid dienone is 4. The molecule has 0 saturated heterocycles. The van der Waals surface area contributed by atoms with Gasteiger partial charge in [0.2, 0.25) is 0 Å². The van der Waals surface area contributed by atoms with Crippen molar-refractivity contribution in [1.82, 2.24) is 10.6 Å². The normalized spacial score (nSPS) is 28.9. The van der Waals surface area contributed by atoms with E-state index in [1.54, 1.807) is 5.57 Å². The molecule has 5 atom stereocenters. The van der Waals surface area contributed by atoms with E-state index in [9.17, 15) is 9.90 Å². The number of aliphatic hydroxyl groups is 1. The van der Waals surface area contributed by atoms with Crippen LogP contribution in [0, 0.1) is 29.1 Å². The number of nitrogens with one attached hydrogen (secondary N) is 2. The molecule has 4 aliphatic carbocycles. The highest BCUT2D eigenvalue weighted by molar-refractivity contribution is 5.93. The lowest BCUT2D eigenvalue weighted by Gasteiger charge is -2.52. The first kappa shape index (κ1) is 26.7. The number of carbonyl (C=O) groups excluding carboxylic acids is 1. The maximum Gasteiger partial charge on any atom is 0.156 e. The Morgan fingerprint density at radius 2 is 1.82 bits per heavy atom. The van der Waals surface area contributed by atoms with Crippen molar-refractivity contribution >= 4 is 5.78 Å². The third-order valence-electron chi connectivity index (χ3n) is 9.97. The lowest BCUT2D eigenvalue weighted by molar-refractivity contribution is -0.114. The van der Waals surface area contributed by atoms with Crippen LogP contribution in [0.1, 0.15) is 74.5 Å². The van der Waals surface area contributed by atoms with Crippen LogP contribution in [0.25, 0.3) is 0 Å². The number of benzene rings is 2. The number of aliphatic hydroxyl groups excluding tert-OH is 1. The Kier molecular flexibility index (Phi) is 7.43. The quantitative estimate of drug-likeness (QED) is 0.391. The van der Waals surface area contributed by atoms with Crippen LogP contribution in [0.15, 0.2) is 89.8 Å². The molecule has 0 amide bonds. The van der Waals surface area contributed by atoms with Gasteiger partial charge in [0.05, 0.1) is 18.5 Å². The monoisotopic (exact) mass is 532 g/mol. The minimum Gasteiger partial charge on any atom is -0.393 e. The van der Waals surface area contributed by atoms with Crippen molar-refractivity contribution in [3.05, 3.63) is 106 Å². The first-order valence-corrected chi connectivity index (χ1v) is 14.9. The van der Waals surface area contributed by atoms with E-state index in [0.717, 1.165) is 56.5 Å². The van der Waals surface area contributed by atoms with Crippen molar-refractivity contribution in [2.24, 2.45) is 17.3 Å². The molecule has 6 rings (SSSR count). The van der Waals surface area contributed by atoms with Crippen LogP contribution >= 0.6 is 0 Å². The molecule has 0 aromatic heterocycles. The fourth-order valence-corrected chi connectivity index (χ4v) is 7.89. The van der Waals surface area contributed by atoms with Gasteiger partial charge >= 0.3 is 0 Å². The minimum absolute atomic E-state index is 0.0494. The van der Waals surface area contributed by atoms with Gasteiger partial charge in [-0.15, -0.1) is 0 Å². The van der Waals surface area contributed by atoms with E-state index in [4.69, 9.17) is 0 Å². The fraction of sp³-hybridized carbons (Fsp3) is 0.417. The van der Waals surface area contributed by atoms with E-state index in [1.807, 2.05) is 24.3 Å². The molecule has 0 radical (unpaired) electrons. The zero-order chi connectivity index (χ0) is 27.7. The van der Waals surface area contributed by atoms with Gasteiger partial charge in [-0.05, 0) is 96.3 Å². The van der Waals surface area contributed by atoms with Crippen LogP contribution in [-0.4, -0.2) is 23.5 Å². The molecule has 0 spiro atoms. The van der Waals surface area contributed by atoms with Crippen molar-refractivity contribution in [1.29, 1.82) is 0 Å². The standard InChI is InChI=1S/C36H40N2O2/c1-24(38-23-26-7-4-3-5-8-26)37-20-6-9-25-10-12-27(13-11-25)32-22-36(2)33(18-19-34(36)40)31-16-14-28-21-29(39)15-17-30(28)35(31)32/h3-5,7-8,10-13,21,31-34,37-38,40H,1,14-20,22-23H2,2H3. The maximum absolute atomic E-state index is 12.2. The van der Waals surface area contributed by atoms with E-state index in [0.29, 0.717) is 24.8 Å². The average Bonchev–Trinajstić information content (AvgIpc) is 3.28. The van der Waals surface area contributed by atoms with Gasteiger partial charge < -0.3 is 15.7 Å². The van der Waals surface area contributed by atoms with Gasteiger partial charge in [0, 0.05) is 24.4 Å². The summed E-state index contributed by atoms with van der Waals surface area (Å²) in [5, 5.41) is 17.6. The summed E-state index contributed by atoms with van der Waals surface area (Å²) in [6.45, 7) is 7.62. The Morgan fingerprint density at radius 3 is 2.62 bits per heavy atom. The molecule has 2 aromatic carbocycles. The molecule has 0 aliphatic heterocycles. The second-order valence-electron chi connectivity index (χ2n) is 12.3. The van der Waals surface area contributed by atoms with Crippen molar-refractivity contribution < 1.29 is 9.90 Å². The Bertz CT molecular complexity index is 1410. The van der Waals surface area contributed by atoms with Crippen molar-refractivity contribution in [2.45, 2.75) is 70.4 Å². The highest BCUT2D eigenvalue weighted by atomic mass is 16.3. The summed E-state index contributed by atoms with van der Waals surface area (Å²) in [6.07, 6.45) is 8.30. The molecule has 3 N–H and O–H groups in total. The summed E-state index contributed by atoms with van der Waals surface area (Å²) < 4.78 is 0. The predicted molar refractivity (Wildman–Crippen MR) is 160 cm³/mol. The molecule has 40 heavy (non-hydrogen) atoms. The smallest absolute Gasteiger partial charge is 0.156 e. The van der Waals surface area contributed by atoms with E-state index >= 15 is 0 Å². The third-order valence-corrected chi connectivity index (χ3v) is 9.97. The third kappa shape index (κ3) is 5.16. The van der Waals surface area contributed by atoms with Gasteiger partial charge in [0.15, 0.2) is 5.78 Å². The number of ketones is 1. The summed E-state index contributed by atoms with van der Waals surface area (Å²) in [5.74, 6) is 8.87. The molecule has 4 aliphatic rings. The Morgan fingerprint density at radius 1 is 1.02 bits per heavy atom. The van der Waals surface area contributed by atoms with Crippen LogP contribution in [0.2, 0.25) is 0 Å². The van der Waals surface area contributed by atoms with E-state index in [1.165, 1.54) is 22.3 Å². The molecule has 0 heterocycles. The largest absolute Gasteiger partial charge is 0.393 e. The van der Waals surface area contributed by atoms with Gasteiger partial charge in [0.1, 0.15) is 0 Å². The molecule has 4 heteroatoms. The predicted octanol–water partition coefficient (Wildman–Crippen LogP) is 6.15. The van der Waals surface area contributed by atoms with E-state index in [-0.39, 0.29) is 23.2 Å². The van der Waals surface area contributed by atoms with Gasteiger partial charge in [-0.25, -0.2) is 0 Å². The van der Waals surface area contributed by atoms with Gasteiger partial charge in [0.25, 0.3) is 0 Å². The van der Waals surface area contributed by atoms with Crippen LogP contribution in [0.3, 0.4) is 0 Å². The molecule has 2 fully saturated rings. The van der Waals surface area contributed by atoms with E-state index < -0.39 is 0 Å². The van der Waals surface area contributed by atoms with Crippen LogP contribution in [-0.2, 0) is 11.3 Å². The summed E-state index contributed by atoms with van der Waals surface area (Å²) >= 11 is 0. The lowest BCUT2D eigenvalue weighted by Crippen LogP contribution is -2.45. The summed E-state index contributed by atoms with van der Waals surface area (Å²) in [7, 11) is 0. The first-order valence-electron chi connectivity index (χ1n) is 14.9. The highest BCUT2D eigenvalue weighted by Crippen LogP contribution is 2.63. The van der Waals surface area contributed by atoms with Crippen LogP contribution in [0.4, 0.5) is 0 Å². The molecular formula is C36H40N2O2. The summed E-state index contributed by atoms with van der Waals surface area (Å²) in [5.41, 5.74) is 7.78. The van der Waals surface area contributed by atoms with E-state index in [2.05, 4.69) is 72.4 Å². The lowest BCUT2D eigenvalue weighted by atomic mass is 9.53. The van der Waals surface area contributed by atoms with Crippen molar-refractivity contribution in [2.75, 3.05) is 6.54 Å². The number of carbonyl (C=O) groups is 1. The average molecular weight is 533 g/mol. The maximum atomic E-state index is 12.2.